The van der Waals surface area contributed by atoms with Crippen LogP contribution in [0.25, 0.3) is 0 Å². The molecular formula is C16H18ClFNO2-. The van der Waals surface area contributed by atoms with Crippen molar-refractivity contribution in [3.63, 3.8) is 0 Å². The zero-order chi connectivity index (χ0) is 14.4. The molecule has 0 fully saturated rings. The monoisotopic (exact) mass is 310 g/mol. The molecule has 0 aromatic heterocycles. The second-order valence-electron chi connectivity index (χ2n) is 4.43. The van der Waals surface area contributed by atoms with Gasteiger partial charge >= 0.3 is 0 Å². The van der Waals surface area contributed by atoms with E-state index in [0.29, 0.717) is 18.1 Å². The van der Waals surface area contributed by atoms with E-state index in [2.05, 4.69) is 5.32 Å². The summed E-state index contributed by atoms with van der Waals surface area (Å²) in [6.07, 6.45) is 0. The van der Waals surface area contributed by atoms with Crippen LogP contribution in [-0.4, -0.2) is 14.2 Å². The lowest BCUT2D eigenvalue weighted by atomic mass is 10.2. The maximum atomic E-state index is 12.8. The lowest BCUT2D eigenvalue weighted by Gasteiger charge is -2.12. The molecule has 0 unspecified atom stereocenters. The van der Waals surface area contributed by atoms with Crippen molar-refractivity contribution in [3.8, 4) is 11.5 Å². The highest BCUT2D eigenvalue weighted by atomic mass is 35.5. The highest BCUT2D eigenvalue weighted by Crippen LogP contribution is 2.28. The molecule has 114 valence electrons. The van der Waals surface area contributed by atoms with Gasteiger partial charge in [0, 0.05) is 6.54 Å². The van der Waals surface area contributed by atoms with Crippen LogP contribution in [-0.2, 0) is 13.2 Å². The standard InChI is InChI=1S/C16H18FNO2.ClH/c1-18-10-13-5-8-15(16(9-13)19-2)20-11-12-3-6-14(17)7-4-12;/h3-9,18H,10-11H2,1-2H3;1H/p-1. The number of nitrogens with one attached hydrogen (secondary N) is 1. The van der Waals surface area contributed by atoms with Gasteiger partial charge in [-0.1, -0.05) is 18.2 Å². The van der Waals surface area contributed by atoms with Gasteiger partial charge in [-0.2, -0.15) is 0 Å². The van der Waals surface area contributed by atoms with Gasteiger partial charge in [-0.3, -0.25) is 0 Å². The van der Waals surface area contributed by atoms with Crippen molar-refractivity contribution in [1.82, 2.24) is 5.32 Å². The summed E-state index contributed by atoms with van der Waals surface area (Å²) >= 11 is 0. The fraction of sp³-hybridized carbons (Fsp3) is 0.250. The smallest absolute Gasteiger partial charge is 0.161 e. The summed E-state index contributed by atoms with van der Waals surface area (Å²) in [6.45, 7) is 1.15. The first-order valence-electron chi connectivity index (χ1n) is 6.41. The molecule has 21 heavy (non-hydrogen) atoms. The maximum absolute atomic E-state index is 12.8. The van der Waals surface area contributed by atoms with E-state index >= 15 is 0 Å². The Kier molecular flexibility index (Phi) is 6.99. The Hall–Kier alpha value is -1.78. The van der Waals surface area contributed by atoms with Crippen LogP contribution in [0.3, 0.4) is 0 Å². The third-order valence-electron chi connectivity index (χ3n) is 2.92. The van der Waals surface area contributed by atoms with Crippen molar-refractivity contribution in [2.45, 2.75) is 13.2 Å². The van der Waals surface area contributed by atoms with Crippen molar-refractivity contribution < 1.29 is 26.3 Å². The average Bonchev–Trinajstić information content (AvgIpc) is 2.47. The number of rotatable bonds is 6. The number of methoxy groups -OCH3 is 1. The molecule has 2 aromatic rings. The lowest BCUT2D eigenvalue weighted by Crippen LogP contribution is -3.00. The van der Waals surface area contributed by atoms with E-state index in [4.69, 9.17) is 9.47 Å². The van der Waals surface area contributed by atoms with Crippen molar-refractivity contribution in [2.75, 3.05) is 14.2 Å². The van der Waals surface area contributed by atoms with Gasteiger partial charge in [0.05, 0.1) is 7.11 Å². The minimum atomic E-state index is -0.247. The van der Waals surface area contributed by atoms with Crippen LogP contribution in [0.4, 0.5) is 4.39 Å². The molecule has 0 spiro atoms. The fourth-order valence-electron chi connectivity index (χ4n) is 1.89. The van der Waals surface area contributed by atoms with Gasteiger partial charge in [0.25, 0.3) is 0 Å². The van der Waals surface area contributed by atoms with E-state index in [9.17, 15) is 4.39 Å². The van der Waals surface area contributed by atoms with E-state index in [1.54, 1.807) is 19.2 Å². The number of hydrogen-bond acceptors (Lipinski definition) is 3. The third kappa shape index (κ3) is 4.92. The lowest BCUT2D eigenvalue weighted by molar-refractivity contribution is -0.00000532. The van der Waals surface area contributed by atoms with Crippen molar-refractivity contribution in [2.24, 2.45) is 0 Å². The molecule has 0 saturated carbocycles. The molecule has 1 N–H and O–H groups in total. The molecule has 0 bridgehead atoms. The Balaban J connectivity index is 0.00000220. The molecular weight excluding hydrogens is 293 g/mol. The Morgan fingerprint density at radius 2 is 1.67 bits per heavy atom. The Morgan fingerprint density at radius 1 is 1.00 bits per heavy atom. The highest BCUT2D eigenvalue weighted by molar-refractivity contribution is 5.43. The molecule has 0 radical (unpaired) electrons. The van der Waals surface area contributed by atoms with Crippen LogP contribution in [0.15, 0.2) is 42.5 Å². The molecule has 5 heteroatoms. The van der Waals surface area contributed by atoms with Gasteiger partial charge < -0.3 is 27.2 Å². The van der Waals surface area contributed by atoms with Gasteiger partial charge in [-0.15, -0.1) is 0 Å². The van der Waals surface area contributed by atoms with E-state index < -0.39 is 0 Å². The first-order chi connectivity index (χ1) is 9.72. The Bertz CT molecular complexity index is 561. The van der Waals surface area contributed by atoms with E-state index in [-0.39, 0.29) is 18.2 Å². The van der Waals surface area contributed by atoms with Gasteiger partial charge in [0.1, 0.15) is 12.4 Å². The predicted molar refractivity (Wildman–Crippen MR) is 76.5 cm³/mol. The first kappa shape index (κ1) is 17.3. The molecule has 0 aliphatic carbocycles. The second-order valence-corrected chi connectivity index (χ2v) is 4.43. The SMILES string of the molecule is CNCc1ccc(OCc2ccc(F)cc2)c(OC)c1.[Cl-]. The predicted octanol–water partition coefficient (Wildman–Crippen LogP) is 0.137. The van der Waals surface area contributed by atoms with Crippen LogP contribution in [0.5, 0.6) is 11.5 Å². The molecule has 0 heterocycles. The average molecular weight is 311 g/mol. The molecule has 0 atom stereocenters. The summed E-state index contributed by atoms with van der Waals surface area (Å²) in [5, 5.41) is 3.09. The number of hydrogen-bond donors (Lipinski definition) is 1. The summed E-state index contributed by atoms with van der Waals surface area (Å²) in [6, 6.07) is 12.1. The van der Waals surface area contributed by atoms with Crippen molar-refractivity contribution in [3.05, 3.63) is 59.4 Å². The molecule has 2 aromatic carbocycles. The van der Waals surface area contributed by atoms with Gasteiger partial charge in [0.15, 0.2) is 11.5 Å². The number of benzene rings is 2. The topological polar surface area (TPSA) is 30.5 Å². The van der Waals surface area contributed by atoms with Gasteiger partial charge in [-0.05, 0) is 42.4 Å². The quantitative estimate of drug-likeness (QED) is 0.823. The normalized spacial score (nSPS) is 9.86. The van der Waals surface area contributed by atoms with Crippen LogP contribution in [0.1, 0.15) is 11.1 Å². The summed E-state index contributed by atoms with van der Waals surface area (Å²) in [5.74, 6) is 1.12. The van der Waals surface area contributed by atoms with E-state index in [1.165, 1.54) is 12.1 Å². The summed E-state index contributed by atoms with van der Waals surface area (Å²) < 4.78 is 23.9. The zero-order valence-corrected chi connectivity index (χ0v) is 12.8. The van der Waals surface area contributed by atoms with Crippen LogP contribution < -0.4 is 27.2 Å². The maximum Gasteiger partial charge on any atom is 0.161 e. The van der Waals surface area contributed by atoms with E-state index in [1.807, 2.05) is 25.2 Å². The number of ether oxygens (including phenoxy) is 2. The summed E-state index contributed by atoms with van der Waals surface area (Å²) in [7, 11) is 3.51. The van der Waals surface area contributed by atoms with E-state index in [0.717, 1.165) is 17.7 Å². The Morgan fingerprint density at radius 3 is 2.29 bits per heavy atom. The second kappa shape index (κ2) is 8.49. The Labute approximate surface area is 130 Å². The summed E-state index contributed by atoms with van der Waals surface area (Å²) in [4.78, 5) is 0. The molecule has 0 aliphatic heterocycles. The van der Waals surface area contributed by atoms with Gasteiger partial charge in [-0.25, -0.2) is 4.39 Å². The minimum absolute atomic E-state index is 0. The molecule has 0 aliphatic rings. The number of halogens is 2. The van der Waals surface area contributed by atoms with Crippen molar-refractivity contribution in [1.29, 1.82) is 0 Å². The van der Waals surface area contributed by atoms with Gasteiger partial charge in [0.2, 0.25) is 0 Å². The van der Waals surface area contributed by atoms with Crippen LogP contribution >= 0.6 is 0 Å². The zero-order valence-electron chi connectivity index (χ0n) is 12.0. The fourth-order valence-corrected chi connectivity index (χ4v) is 1.89. The largest absolute Gasteiger partial charge is 1.00 e. The molecule has 0 amide bonds. The minimum Gasteiger partial charge on any atom is -1.00 e. The molecule has 3 nitrogen and oxygen atoms in total. The third-order valence-corrected chi connectivity index (χ3v) is 2.92. The summed E-state index contributed by atoms with van der Waals surface area (Å²) in [5.41, 5.74) is 2.03. The van der Waals surface area contributed by atoms with Crippen LogP contribution in [0.2, 0.25) is 0 Å². The van der Waals surface area contributed by atoms with Crippen LogP contribution in [0, 0.1) is 5.82 Å². The molecule has 2 rings (SSSR count). The molecule has 0 saturated heterocycles. The first-order valence-corrected chi connectivity index (χ1v) is 6.41. The highest BCUT2D eigenvalue weighted by Gasteiger charge is 2.06. The van der Waals surface area contributed by atoms with Crippen molar-refractivity contribution >= 4 is 0 Å².